The first kappa shape index (κ1) is 17.4. The molecule has 0 atom stereocenters. The third-order valence-electron chi connectivity index (χ3n) is 3.93. The molecule has 0 unspecified atom stereocenters. The molecule has 7 nitrogen and oxygen atoms in total. The van der Waals surface area contributed by atoms with Gasteiger partial charge in [0, 0.05) is 13.1 Å². The summed E-state index contributed by atoms with van der Waals surface area (Å²) in [6.07, 6.45) is 0. The molecule has 0 aliphatic heterocycles. The minimum Gasteiger partial charge on any atom is -0.390 e. The van der Waals surface area contributed by atoms with Crippen LogP contribution in [-0.2, 0) is 16.6 Å². The third-order valence-corrected chi connectivity index (χ3v) is 5.97. The molecule has 0 saturated heterocycles. The normalized spacial score (nSPS) is 12.0. The molecule has 0 spiro atoms. The van der Waals surface area contributed by atoms with Gasteiger partial charge in [0.2, 0.25) is 10.0 Å². The van der Waals surface area contributed by atoms with Gasteiger partial charge in [-0.05, 0) is 29.0 Å². The molecule has 0 saturated carbocycles. The van der Waals surface area contributed by atoms with Crippen molar-refractivity contribution in [2.24, 2.45) is 0 Å². The Morgan fingerprint density at radius 1 is 1.08 bits per heavy atom. The van der Waals surface area contributed by atoms with Crippen molar-refractivity contribution in [1.82, 2.24) is 19.5 Å². The molecule has 1 aromatic heterocycles. The fourth-order valence-corrected chi connectivity index (χ4v) is 4.03. The number of fused-ring (bicyclic) bond motifs is 1. The van der Waals surface area contributed by atoms with Gasteiger partial charge in [-0.15, -0.1) is 5.10 Å². The van der Waals surface area contributed by atoms with Crippen LogP contribution in [0.4, 0.5) is 0 Å². The van der Waals surface area contributed by atoms with E-state index < -0.39 is 10.0 Å². The summed E-state index contributed by atoms with van der Waals surface area (Å²) in [6, 6.07) is 14.4. The summed E-state index contributed by atoms with van der Waals surface area (Å²) in [5.41, 5.74) is 2.08. The monoisotopic (exact) mass is 360 g/mol. The fourth-order valence-electron chi connectivity index (χ4n) is 2.56. The van der Waals surface area contributed by atoms with Crippen molar-refractivity contribution in [3.63, 3.8) is 0 Å². The van der Waals surface area contributed by atoms with Crippen molar-refractivity contribution in [3.8, 4) is 0 Å². The van der Waals surface area contributed by atoms with Gasteiger partial charge in [-0.3, -0.25) is 0 Å². The summed E-state index contributed by atoms with van der Waals surface area (Å²) < 4.78 is 26.8. The van der Waals surface area contributed by atoms with Crippen LogP contribution in [0.3, 0.4) is 0 Å². The highest BCUT2D eigenvalue weighted by atomic mass is 32.2. The molecule has 3 rings (SSSR count). The zero-order valence-corrected chi connectivity index (χ0v) is 15.0. The van der Waals surface area contributed by atoms with Crippen LogP contribution in [0.2, 0.25) is 0 Å². The van der Waals surface area contributed by atoms with Crippen molar-refractivity contribution >= 4 is 21.1 Å². The number of hydrogen-bond donors (Lipinski definition) is 0. The standard InChI is InChI=1S/C17H20N4O3S/c1-3-20(4-2)25(22,23)15-10-11-16-17(12-15)21(19-18-16)24-13-14-8-6-5-7-9-14/h5-12H,3-4,13H2,1-2H3. The minimum absolute atomic E-state index is 0.204. The Kier molecular flexibility index (Phi) is 5.00. The Morgan fingerprint density at radius 2 is 1.80 bits per heavy atom. The lowest BCUT2D eigenvalue weighted by Crippen LogP contribution is -2.30. The van der Waals surface area contributed by atoms with Crippen LogP contribution in [0, 0.1) is 0 Å². The van der Waals surface area contributed by atoms with Gasteiger partial charge in [0.15, 0.2) is 0 Å². The molecule has 0 bridgehead atoms. The van der Waals surface area contributed by atoms with Gasteiger partial charge in [-0.2, -0.15) is 4.31 Å². The Hall–Kier alpha value is -2.45. The fraction of sp³-hybridized carbons (Fsp3) is 0.294. The van der Waals surface area contributed by atoms with E-state index >= 15 is 0 Å². The topological polar surface area (TPSA) is 77.3 Å². The zero-order valence-electron chi connectivity index (χ0n) is 14.2. The number of nitrogens with zero attached hydrogens (tertiary/aromatic N) is 4. The molecule has 132 valence electrons. The van der Waals surface area contributed by atoms with Gasteiger partial charge in [-0.25, -0.2) is 8.42 Å². The van der Waals surface area contributed by atoms with Gasteiger partial charge >= 0.3 is 0 Å². The van der Waals surface area contributed by atoms with Crippen molar-refractivity contribution in [3.05, 3.63) is 54.1 Å². The summed E-state index contributed by atoms with van der Waals surface area (Å²) in [5.74, 6) is 0. The molecule has 0 N–H and O–H groups in total. The summed E-state index contributed by atoms with van der Waals surface area (Å²) in [7, 11) is -3.55. The van der Waals surface area contributed by atoms with Crippen LogP contribution in [-0.4, -0.2) is 41.0 Å². The van der Waals surface area contributed by atoms with Crippen molar-refractivity contribution in [2.75, 3.05) is 13.1 Å². The number of aromatic nitrogens is 3. The van der Waals surface area contributed by atoms with E-state index in [1.165, 1.54) is 9.15 Å². The predicted octanol–water partition coefficient (Wildman–Crippen LogP) is 2.09. The van der Waals surface area contributed by atoms with Crippen LogP contribution >= 0.6 is 0 Å². The Labute approximate surface area is 146 Å². The molecule has 0 fully saturated rings. The van der Waals surface area contributed by atoms with Gasteiger partial charge in [0.05, 0.1) is 4.90 Å². The number of hydrogen-bond acceptors (Lipinski definition) is 5. The van der Waals surface area contributed by atoms with Crippen molar-refractivity contribution < 1.29 is 13.3 Å². The zero-order chi connectivity index (χ0) is 17.9. The summed E-state index contributed by atoms with van der Waals surface area (Å²) in [4.78, 5) is 7.13. The second kappa shape index (κ2) is 7.20. The number of sulfonamides is 1. The molecule has 0 amide bonds. The van der Waals surface area contributed by atoms with Crippen LogP contribution in [0.15, 0.2) is 53.4 Å². The second-order valence-corrected chi connectivity index (χ2v) is 7.40. The average molecular weight is 360 g/mol. The quantitative estimate of drug-likeness (QED) is 0.645. The van der Waals surface area contributed by atoms with E-state index in [-0.39, 0.29) is 4.90 Å². The van der Waals surface area contributed by atoms with Gasteiger partial charge in [0.25, 0.3) is 0 Å². The number of benzene rings is 2. The van der Waals surface area contributed by atoms with Crippen LogP contribution in [0.5, 0.6) is 0 Å². The van der Waals surface area contributed by atoms with Crippen LogP contribution in [0.1, 0.15) is 19.4 Å². The van der Waals surface area contributed by atoms with E-state index in [1.807, 2.05) is 44.2 Å². The van der Waals surface area contributed by atoms with Gasteiger partial charge in [-0.1, -0.05) is 49.0 Å². The maximum Gasteiger partial charge on any atom is 0.243 e. The lowest BCUT2D eigenvalue weighted by Gasteiger charge is -2.18. The average Bonchev–Trinajstić information content (AvgIpc) is 3.04. The third kappa shape index (κ3) is 3.49. The minimum atomic E-state index is -3.55. The van der Waals surface area contributed by atoms with E-state index in [1.54, 1.807) is 18.2 Å². The summed E-state index contributed by atoms with van der Waals surface area (Å²) in [5, 5.41) is 7.97. The van der Waals surface area contributed by atoms with E-state index in [9.17, 15) is 8.42 Å². The summed E-state index contributed by atoms with van der Waals surface area (Å²) >= 11 is 0. The molecular formula is C17H20N4O3S. The Bertz CT molecular complexity index is 950. The molecule has 0 aliphatic carbocycles. The predicted molar refractivity (Wildman–Crippen MR) is 94.4 cm³/mol. The van der Waals surface area contributed by atoms with Gasteiger partial charge in [0.1, 0.15) is 17.6 Å². The van der Waals surface area contributed by atoms with E-state index in [0.29, 0.717) is 30.7 Å². The molecule has 25 heavy (non-hydrogen) atoms. The number of rotatable bonds is 7. The van der Waals surface area contributed by atoms with Gasteiger partial charge < -0.3 is 4.84 Å². The van der Waals surface area contributed by atoms with E-state index in [4.69, 9.17) is 4.84 Å². The molecule has 2 aromatic carbocycles. The SMILES string of the molecule is CCN(CC)S(=O)(=O)c1ccc2nnn(OCc3ccccc3)c2c1. The maximum atomic E-state index is 12.7. The highest BCUT2D eigenvalue weighted by Crippen LogP contribution is 2.20. The lowest BCUT2D eigenvalue weighted by molar-refractivity contribution is 0.0751. The summed E-state index contributed by atoms with van der Waals surface area (Å²) in [6.45, 7) is 4.77. The lowest BCUT2D eigenvalue weighted by atomic mass is 10.2. The highest BCUT2D eigenvalue weighted by Gasteiger charge is 2.22. The second-order valence-electron chi connectivity index (χ2n) is 5.46. The Balaban J connectivity index is 1.92. The Morgan fingerprint density at radius 3 is 2.48 bits per heavy atom. The molecule has 0 radical (unpaired) electrons. The first-order valence-corrected chi connectivity index (χ1v) is 9.53. The van der Waals surface area contributed by atoms with Crippen molar-refractivity contribution in [2.45, 2.75) is 25.3 Å². The molecular weight excluding hydrogens is 340 g/mol. The highest BCUT2D eigenvalue weighted by molar-refractivity contribution is 7.89. The molecule has 1 heterocycles. The molecule has 3 aromatic rings. The van der Waals surface area contributed by atoms with E-state index in [2.05, 4.69) is 10.3 Å². The van der Waals surface area contributed by atoms with Crippen LogP contribution in [0.25, 0.3) is 11.0 Å². The first-order valence-electron chi connectivity index (χ1n) is 8.09. The van der Waals surface area contributed by atoms with Crippen LogP contribution < -0.4 is 4.84 Å². The smallest absolute Gasteiger partial charge is 0.243 e. The maximum absolute atomic E-state index is 12.7. The van der Waals surface area contributed by atoms with E-state index in [0.717, 1.165) is 5.56 Å². The molecule has 8 heteroatoms. The first-order chi connectivity index (χ1) is 12.1. The molecule has 0 aliphatic rings. The van der Waals surface area contributed by atoms with Crippen molar-refractivity contribution in [1.29, 1.82) is 0 Å². The largest absolute Gasteiger partial charge is 0.390 e.